The predicted molar refractivity (Wildman–Crippen MR) is 85.4 cm³/mol. The van der Waals surface area contributed by atoms with Crippen molar-refractivity contribution in [1.82, 2.24) is 4.90 Å². The third-order valence-electron chi connectivity index (χ3n) is 4.08. The maximum absolute atomic E-state index is 5.77. The van der Waals surface area contributed by atoms with Gasteiger partial charge < -0.3 is 9.64 Å². The number of hydrogen-bond donors (Lipinski definition) is 0. The van der Waals surface area contributed by atoms with E-state index in [1.54, 1.807) is 0 Å². The van der Waals surface area contributed by atoms with Crippen LogP contribution in [0.1, 0.15) is 50.5 Å². The lowest BCUT2D eigenvalue weighted by atomic mass is 10.1. The van der Waals surface area contributed by atoms with E-state index in [0.717, 1.165) is 12.4 Å². The average molecular weight is 275 g/mol. The summed E-state index contributed by atoms with van der Waals surface area (Å²) in [5, 5.41) is 0. The summed E-state index contributed by atoms with van der Waals surface area (Å²) in [6.45, 7) is 6.92. The van der Waals surface area contributed by atoms with Crippen molar-refractivity contribution in [3.05, 3.63) is 29.8 Å². The Balaban J connectivity index is 1.45. The van der Waals surface area contributed by atoms with Crippen LogP contribution >= 0.6 is 0 Å². The van der Waals surface area contributed by atoms with Gasteiger partial charge in [-0.3, -0.25) is 0 Å². The molecule has 0 aromatic heterocycles. The number of unbranched alkanes of at least 4 members (excludes halogenated alkanes) is 3. The van der Waals surface area contributed by atoms with Crippen molar-refractivity contribution in [2.45, 2.75) is 51.9 Å². The molecule has 0 bridgehead atoms. The number of benzene rings is 1. The normalized spacial score (nSPS) is 16.2. The van der Waals surface area contributed by atoms with Crippen molar-refractivity contribution in [3.8, 4) is 5.75 Å². The molecule has 2 heteroatoms. The number of nitrogens with zero attached hydrogens (tertiary/aromatic N) is 1. The fraction of sp³-hybridized carbons (Fsp3) is 0.667. The standard InChI is InChI=1S/C18H29NO/c1-17-10-9-11-18(16-17)20-15-8-3-2-5-12-19-13-6-4-7-14-19/h9-11,16H,2-8,12-15H2,1H3. The molecule has 0 atom stereocenters. The zero-order valence-electron chi connectivity index (χ0n) is 12.9. The molecule has 1 aromatic carbocycles. The molecule has 0 radical (unpaired) electrons. The highest BCUT2D eigenvalue weighted by Crippen LogP contribution is 2.13. The lowest BCUT2D eigenvalue weighted by Gasteiger charge is -2.26. The zero-order valence-corrected chi connectivity index (χ0v) is 12.9. The van der Waals surface area contributed by atoms with Gasteiger partial charge in [-0.25, -0.2) is 0 Å². The quantitative estimate of drug-likeness (QED) is 0.651. The lowest BCUT2D eigenvalue weighted by Crippen LogP contribution is -2.30. The highest BCUT2D eigenvalue weighted by Gasteiger charge is 2.08. The molecular weight excluding hydrogens is 246 g/mol. The summed E-state index contributed by atoms with van der Waals surface area (Å²) in [4.78, 5) is 2.63. The molecule has 1 heterocycles. The van der Waals surface area contributed by atoms with Crippen LogP contribution in [0.4, 0.5) is 0 Å². The number of ether oxygens (including phenoxy) is 1. The van der Waals surface area contributed by atoms with E-state index >= 15 is 0 Å². The maximum Gasteiger partial charge on any atom is 0.119 e. The van der Waals surface area contributed by atoms with Gasteiger partial charge >= 0.3 is 0 Å². The van der Waals surface area contributed by atoms with E-state index in [1.165, 1.54) is 70.1 Å². The molecule has 0 saturated carbocycles. The molecule has 1 aliphatic heterocycles. The molecular formula is C18H29NO. The summed E-state index contributed by atoms with van der Waals surface area (Å²) in [7, 11) is 0. The largest absolute Gasteiger partial charge is 0.494 e. The monoisotopic (exact) mass is 275 g/mol. The molecule has 1 aromatic rings. The Morgan fingerprint density at radius 3 is 2.60 bits per heavy atom. The van der Waals surface area contributed by atoms with Gasteiger partial charge in [0.25, 0.3) is 0 Å². The van der Waals surface area contributed by atoms with E-state index in [1.807, 2.05) is 6.07 Å². The van der Waals surface area contributed by atoms with Crippen molar-refractivity contribution in [2.75, 3.05) is 26.2 Å². The minimum absolute atomic E-state index is 0.854. The van der Waals surface area contributed by atoms with Crippen molar-refractivity contribution >= 4 is 0 Å². The van der Waals surface area contributed by atoms with E-state index in [4.69, 9.17) is 4.74 Å². The van der Waals surface area contributed by atoms with Gasteiger partial charge in [-0.2, -0.15) is 0 Å². The highest BCUT2D eigenvalue weighted by atomic mass is 16.5. The van der Waals surface area contributed by atoms with Crippen LogP contribution in [0.25, 0.3) is 0 Å². The van der Waals surface area contributed by atoms with Crippen molar-refractivity contribution in [1.29, 1.82) is 0 Å². The van der Waals surface area contributed by atoms with E-state index in [0.29, 0.717) is 0 Å². The van der Waals surface area contributed by atoms with E-state index in [-0.39, 0.29) is 0 Å². The Bertz CT molecular complexity index is 371. The molecule has 0 aliphatic carbocycles. The van der Waals surface area contributed by atoms with Crippen LogP contribution in [0.3, 0.4) is 0 Å². The number of hydrogen-bond acceptors (Lipinski definition) is 2. The van der Waals surface area contributed by atoms with Gasteiger partial charge in [-0.15, -0.1) is 0 Å². The molecule has 0 N–H and O–H groups in total. The van der Waals surface area contributed by atoms with Crippen LogP contribution in [0.2, 0.25) is 0 Å². The first kappa shape index (κ1) is 15.4. The smallest absolute Gasteiger partial charge is 0.119 e. The summed E-state index contributed by atoms with van der Waals surface area (Å²) in [5.41, 5.74) is 1.27. The molecule has 20 heavy (non-hydrogen) atoms. The minimum atomic E-state index is 0.854. The summed E-state index contributed by atoms with van der Waals surface area (Å²) >= 11 is 0. The molecule has 2 rings (SSSR count). The molecule has 1 saturated heterocycles. The molecule has 1 fully saturated rings. The summed E-state index contributed by atoms with van der Waals surface area (Å²) < 4.78 is 5.77. The topological polar surface area (TPSA) is 12.5 Å². The van der Waals surface area contributed by atoms with Gasteiger partial charge in [0.2, 0.25) is 0 Å². The van der Waals surface area contributed by atoms with Crippen molar-refractivity contribution in [2.24, 2.45) is 0 Å². The fourth-order valence-electron chi connectivity index (χ4n) is 2.87. The molecule has 2 nitrogen and oxygen atoms in total. The Labute approximate surface area is 124 Å². The first-order valence-corrected chi connectivity index (χ1v) is 8.26. The molecule has 0 spiro atoms. The number of aryl methyl sites for hydroxylation is 1. The SMILES string of the molecule is Cc1cccc(OCCCCCCN2CCCCC2)c1. The third kappa shape index (κ3) is 5.96. The minimum Gasteiger partial charge on any atom is -0.494 e. The van der Waals surface area contributed by atoms with E-state index in [2.05, 4.69) is 30.0 Å². The van der Waals surface area contributed by atoms with Gasteiger partial charge in [0, 0.05) is 0 Å². The second-order valence-corrected chi connectivity index (χ2v) is 5.98. The van der Waals surface area contributed by atoms with Crippen LogP contribution < -0.4 is 4.74 Å². The summed E-state index contributed by atoms with van der Waals surface area (Å²) in [5.74, 6) is 1.01. The Morgan fingerprint density at radius 2 is 1.80 bits per heavy atom. The van der Waals surface area contributed by atoms with Crippen molar-refractivity contribution < 1.29 is 4.74 Å². The number of likely N-dealkylation sites (tertiary alicyclic amines) is 1. The summed E-state index contributed by atoms with van der Waals surface area (Å²) in [6, 6.07) is 8.32. The molecule has 0 amide bonds. The van der Waals surface area contributed by atoms with Crippen LogP contribution in [0, 0.1) is 6.92 Å². The second-order valence-electron chi connectivity index (χ2n) is 5.98. The number of piperidine rings is 1. The van der Waals surface area contributed by atoms with Crippen LogP contribution in [-0.2, 0) is 0 Å². The predicted octanol–water partition coefficient (Wildman–Crippen LogP) is 4.42. The van der Waals surface area contributed by atoms with Gasteiger partial charge in [-0.1, -0.05) is 31.4 Å². The molecule has 0 unspecified atom stereocenters. The van der Waals surface area contributed by atoms with Crippen LogP contribution in [0.15, 0.2) is 24.3 Å². The van der Waals surface area contributed by atoms with E-state index in [9.17, 15) is 0 Å². The first-order chi connectivity index (χ1) is 9.84. The van der Waals surface area contributed by atoms with Crippen molar-refractivity contribution in [3.63, 3.8) is 0 Å². The third-order valence-corrected chi connectivity index (χ3v) is 4.08. The molecule has 1 aliphatic rings. The second kappa shape index (κ2) is 9.02. The number of rotatable bonds is 8. The lowest BCUT2D eigenvalue weighted by molar-refractivity contribution is 0.223. The maximum atomic E-state index is 5.77. The Hall–Kier alpha value is -1.02. The first-order valence-electron chi connectivity index (χ1n) is 8.26. The average Bonchev–Trinajstić information content (AvgIpc) is 2.47. The Kier molecular flexibility index (Phi) is 6.93. The van der Waals surface area contributed by atoms with Gasteiger partial charge in [0.1, 0.15) is 5.75 Å². The fourth-order valence-corrected chi connectivity index (χ4v) is 2.87. The summed E-state index contributed by atoms with van der Waals surface area (Å²) in [6.07, 6.45) is 9.41. The highest BCUT2D eigenvalue weighted by molar-refractivity contribution is 5.27. The van der Waals surface area contributed by atoms with Crippen LogP contribution in [0.5, 0.6) is 5.75 Å². The zero-order chi connectivity index (χ0) is 14.0. The van der Waals surface area contributed by atoms with E-state index < -0.39 is 0 Å². The van der Waals surface area contributed by atoms with Crippen LogP contribution in [-0.4, -0.2) is 31.1 Å². The molecule has 112 valence electrons. The van der Waals surface area contributed by atoms with Gasteiger partial charge in [-0.05, 0) is 69.9 Å². The Morgan fingerprint density at radius 1 is 1.00 bits per heavy atom. The van der Waals surface area contributed by atoms with Gasteiger partial charge in [0.05, 0.1) is 6.61 Å². The van der Waals surface area contributed by atoms with Gasteiger partial charge in [0.15, 0.2) is 0 Å².